The number of pyridine rings is 1. The molecule has 1 aliphatic rings. The molecular formula is C56H41N3. The highest BCUT2D eigenvalue weighted by Gasteiger charge is 2.37. The van der Waals surface area contributed by atoms with Gasteiger partial charge in [-0.2, -0.15) is 5.10 Å². The van der Waals surface area contributed by atoms with Gasteiger partial charge in [0.05, 0.1) is 16.9 Å². The molecule has 2 heterocycles. The van der Waals surface area contributed by atoms with Crippen LogP contribution in [0.25, 0.3) is 72.2 Å². The van der Waals surface area contributed by atoms with Gasteiger partial charge in [-0.25, -0.2) is 4.52 Å². The Morgan fingerprint density at radius 2 is 1.00 bits per heavy atom. The van der Waals surface area contributed by atoms with Crippen LogP contribution in [0.1, 0.15) is 25.0 Å². The van der Waals surface area contributed by atoms with Crippen molar-refractivity contribution in [3.8, 4) is 55.9 Å². The third kappa shape index (κ3) is 5.69. The van der Waals surface area contributed by atoms with Crippen molar-refractivity contribution >= 4 is 33.4 Å². The number of benzene rings is 8. The van der Waals surface area contributed by atoms with Gasteiger partial charge in [0.2, 0.25) is 0 Å². The van der Waals surface area contributed by atoms with Crippen molar-refractivity contribution < 1.29 is 0 Å². The number of rotatable bonds is 7. The molecule has 10 aromatic rings. The molecule has 0 unspecified atom stereocenters. The number of hydrogen-bond donors (Lipinski definition) is 0. The molecule has 0 aliphatic heterocycles. The number of nitrogens with zero attached hydrogens (tertiary/aromatic N) is 3. The van der Waals surface area contributed by atoms with Crippen LogP contribution >= 0.6 is 0 Å². The first-order chi connectivity index (χ1) is 29.0. The Hall–Kier alpha value is -7.49. The third-order valence-electron chi connectivity index (χ3n) is 12.2. The van der Waals surface area contributed by atoms with Gasteiger partial charge in [0.15, 0.2) is 0 Å². The molecule has 11 rings (SSSR count). The van der Waals surface area contributed by atoms with Gasteiger partial charge in [0.1, 0.15) is 5.69 Å². The second kappa shape index (κ2) is 13.9. The highest BCUT2D eigenvalue weighted by Crippen LogP contribution is 2.54. The van der Waals surface area contributed by atoms with E-state index < -0.39 is 0 Å². The lowest BCUT2D eigenvalue weighted by Crippen LogP contribution is -2.16. The Morgan fingerprint density at radius 1 is 0.441 bits per heavy atom. The summed E-state index contributed by atoms with van der Waals surface area (Å²) in [5, 5.41) is 7.79. The molecule has 0 bridgehead atoms. The minimum Gasteiger partial charge on any atom is -0.310 e. The van der Waals surface area contributed by atoms with Crippen molar-refractivity contribution in [2.45, 2.75) is 19.3 Å². The van der Waals surface area contributed by atoms with Crippen molar-refractivity contribution in [2.75, 3.05) is 4.90 Å². The Morgan fingerprint density at radius 3 is 1.69 bits per heavy atom. The van der Waals surface area contributed by atoms with Crippen LogP contribution in [0, 0.1) is 0 Å². The Labute approximate surface area is 345 Å². The van der Waals surface area contributed by atoms with Crippen molar-refractivity contribution in [2.24, 2.45) is 0 Å². The fourth-order valence-corrected chi connectivity index (χ4v) is 9.34. The predicted octanol–water partition coefficient (Wildman–Crippen LogP) is 14.9. The van der Waals surface area contributed by atoms with Gasteiger partial charge < -0.3 is 4.90 Å². The van der Waals surface area contributed by atoms with Crippen molar-refractivity contribution in [1.29, 1.82) is 0 Å². The second-order valence-electron chi connectivity index (χ2n) is 16.0. The fraction of sp³-hybridized carbons (Fsp3) is 0.0536. The zero-order valence-electron chi connectivity index (χ0n) is 33.0. The first-order valence-corrected chi connectivity index (χ1v) is 20.4. The lowest BCUT2D eigenvalue weighted by Gasteiger charge is -2.29. The van der Waals surface area contributed by atoms with E-state index in [1.807, 2.05) is 0 Å². The molecule has 0 N–H and O–H groups in total. The monoisotopic (exact) mass is 755 g/mol. The van der Waals surface area contributed by atoms with Gasteiger partial charge in [-0.05, 0) is 75.2 Å². The van der Waals surface area contributed by atoms with Gasteiger partial charge in [-0.1, -0.05) is 190 Å². The second-order valence-corrected chi connectivity index (χ2v) is 16.0. The maximum Gasteiger partial charge on any atom is 0.101 e. The molecule has 0 radical (unpaired) electrons. The standard InChI is InChI=1S/C56H41N3/c1-56(2)48-27-16-15-26-46(48)53-49(56)28-17-29-50(53)58(44-33-30-39(31-34-44)38-18-7-3-8-19-38)45-35-32-43-36-51(40-20-9-4-10-21-40)59-55(47(43)37-45)52(41-22-11-5-12-23-41)54(57-59)42-24-13-6-14-25-42/h3-37H,1-2H3. The molecule has 280 valence electrons. The largest absolute Gasteiger partial charge is 0.310 e. The molecule has 2 aromatic heterocycles. The minimum absolute atomic E-state index is 0.135. The molecule has 59 heavy (non-hydrogen) atoms. The highest BCUT2D eigenvalue weighted by molar-refractivity contribution is 6.10. The summed E-state index contributed by atoms with van der Waals surface area (Å²) >= 11 is 0. The molecule has 0 saturated heterocycles. The maximum absolute atomic E-state index is 5.51. The van der Waals surface area contributed by atoms with Gasteiger partial charge in [-0.15, -0.1) is 0 Å². The normalized spacial score (nSPS) is 12.7. The Kier molecular flexibility index (Phi) is 8.16. The number of fused-ring (bicyclic) bond motifs is 6. The Bertz CT molecular complexity index is 3150. The van der Waals surface area contributed by atoms with Crippen LogP contribution in [0.2, 0.25) is 0 Å². The van der Waals surface area contributed by atoms with E-state index in [1.165, 1.54) is 33.4 Å². The van der Waals surface area contributed by atoms with E-state index in [2.05, 4.69) is 236 Å². The van der Waals surface area contributed by atoms with E-state index in [9.17, 15) is 0 Å². The smallest absolute Gasteiger partial charge is 0.101 e. The lowest BCUT2D eigenvalue weighted by molar-refractivity contribution is 0.660. The first-order valence-electron chi connectivity index (χ1n) is 20.4. The van der Waals surface area contributed by atoms with Crippen LogP contribution in [0.4, 0.5) is 17.1 Å². The van der Waals surface area contributed by atoms with E-state index in [0.717, 1.165) is 67.0 Å². The molecule has 3 heteroatoms. The van der Waals surface area contributed by atoms with Gasteiger partial charge in [-0.3, -0.25) is 0 Å². The fourth-order valence-electron chi connectivity index (χ4n) is 9.34. The van der Waals surface area contributed by atoms with Crippen LogP contribution in [-0.4, -0.2) is 9.61 Å². The number of hydrogen-bond acceptors (Lipinski definition) is 2. The summed E-state index contributed by atoms with van der Waals surface area (Å²) in [6, 6.07) is 76.7. The third-order valence-corrected chi connectivity index (χ3v) is 12.2. The highest BCUT2D eigenvalue weighted by atomic mass is 15.2. The lowest BCUT2D eigenvalue weighted by atomic mass is 9.82. The zero-order valence-corrected chi connectivity index (χ0v) is 33.0. The zero-order chi connectivity index (χ0) is 39.5. The van der Waals surface area contributed by atoms with Crippen molar-refractivity contribution in [3.63, 3.8) is 0 Å². The predicted molar refractivity (Wildman–Crippen MR) is 247 cm³/mol. The number of anilines is 3. The van der Waals surface area contributed by atoms with Crippen LogP contribution in [0.5, 0.6) is 0 Å². The van der Waals surface area contributed by atoms with Gasteiger partial charge in [0.25, 0.3) is 0 Å². The first kappa shape index (κ1) is 34.7. The van der Waals surface area contributed by atoms with Gasteiger partial charge >= 0.3 is 0 Å². The average molecular weight is 756 g/mol. The molecule has 0 atom stereocenters. The van der Waals surface area contributed by atoms with Crippen LogP contribution in [0.15, 0.2) is 212 Å². The molecule has 3 nitrogen and oxygen atoms in total. The Balaban J connectivity index is 1.22. The summed E-state index contributed by atoms with van der Waals surface area (Å²) in [7, 11) is 0. The quantitative estimate of drug-likeness (QED) is 0.161. The molecule has 0 saturated carbocycles. The van der Waals surface area contributed by atoms with E-state index in [1.54, 1.807) is 0 Å². The van der Waals surface area contributed by atoms with E-state index in [4.69, 9.17) is 5.10 Å². The summed E-state index contributed by atoms with van der Waals surface area (Å²) < 4.78 is 2.18. The van der Waals surface area contributed by atoms with Crippen molar-refractivity contribution in [1.82, 2.24) is 9.61 Å². The van der Waals surface area contributed by atoms with E-state index in [-0.39, 0.29) is 5.41 Å². The SMILES string of the molecule is CC1(C)c2ccccc2-c2c(N(c3ccc(-c4ccccc4)cc3)c3ccc4cc(-c5ccccc5)n5nc(-c6ccccc6)c(-c6ccccc6)c5c4c3)cccc21. The van der Waals surface area contributed by atoms with Gasteiger partial charge in [0, 0.05) is 44.4 Å². The van der Waals surface area contributed by atoms with Crippen LogP contribution < -0.4 is 4.90 Å². The summed E-state index contributed by atoms with van der Waals surface area (Å²) in [5.74, 6) is 0. The average Bonchev–Trinajstić information content (AvgIpc) is 3.82. The number of aromatic nitrogens is 2. The molecule has 8 aromatic carbocycles. The molecule has 0 spiro atoms. The van der Waals surface area contributed by atoms with Crippen molar-refractivity contribution in [3.05, 3.63) is 223 Å². The maximum atomic E-state index is 5.51. The van der Waals surface area contributed by atoms with E-state index in [0.29, 0.717) is 0 Å². The van der Waals surface area contributed by atoms with Crippen LogP contribution in [-0.2, 0) is 5.41 Å². The summed E-state index contributed by atoms with van der Waals surface area (Å²) in [6.45, 7) is 4.71. The van der Waals surface area contributed by atoms with E-state index >= 15 is 0 Å². The molecule has 1 aliphatic carbocycles. The summed E-state index contributed by atoms with van der Waals surface area (Å²) in [6.07, 6.45) is 0. The summed E-state index contributed by atoms with van der Waals surface area (Å²) in [4.78, 5) is 2.46. The van der Waals surface area contributed by atoms with Crippen LogP contribution in [0.3, 0.4) is 0 Å². The molecular weight excluding hydrogens is 715 g/mol. The minimum atomic E-state index is -0.135. The molecule has 0 fully saturated rings. The topological polar surface area (TPSA) is 20.5 Å². The summed E-state index contributed by atoms with van der Waals surface area (Å²) in [5.41, 5.74) is 18.4. The molecule has 0 amide bonds.